The highest BCUT2D eigenvalue weighted by molar-refractivity contribution is 5.94. The van der Waals surface area contributed by atoms with E-state index >= 15 is 0 Å². The van der Waals surface area contributed by atoms with Crippen molar-refractivity contribution in [1.29, 1.82) is 0 Å². The van der Waals surface area contributed by atoms with E-state index in [2.05, 4.69) is 10.6 Å². The second kappa shape index (κ2) is 7.21. The summed E-state index contributed by atoms with van der Waals surface area (Å²) >= 11 is 0. The molecule has 2 saturated carbocycles. The average Bonchev–Trinajstić information content (AvgIpc) is 2.54. The van der Waals surface area contributed by atoms with Crippen LogP contribution in [0.5, 0.6) is 0 Å². The van der Waals surface area contributed by atoms with Crippen LogP contribution in [0.15, 0.2) is 24.3 Å². The number of nitrogens with one attached hydrogen (secondary N) is 2. The summed E-state index contributed by atoms with van der Waals surface area (Å²) in [5.41, 5.74) is 12.8. The lowest BCUT2D eigenvalue weighted by Crippen LogP contribution is -2.53. The first-order valence-corrected chi connectivity index (χ1v) is 8.71. The van der Waals surface area contributed by atoms with Gasteiger partial charge >= 0.3 is 6.03 Å². The van der Waals surface area contributed by atoms with Crippen LogP contribution < -0.4 is 22.1 Å². The Hall–Kier alpha value is -2.08. The summed E-state index contributed by atoms with van der Waals surface area (Å²) in [6, 6.07) is 7.23. The number of amides is 3. The number of carbonyl (C=O) groups is 2. The second-order valence-electron chi connectivity index (χ2n) is 7.10. The summed E-state index contributed by atoms with van der Waals surface area (Å²) in [4.78, 5) is 23.3. The molecule has 130 valence electrons. The van der Waals surface area contributed by atoms with Crippen LogP contribution in [0, 0.1) is 11.8 Å². The predicted molar refractivity (Wildman–Crippen MR) is 92.2 cm³/mol. The lowest BCUT2D eigenvalue weighted by molar-refractivity contribution is 0.0756. The molecule has 2 fully saturated rings. The Morgan fingerprint density at radius 2 is 1.71 bits per heavy atom. The first-order chi connectivity index (χ1) is 11.5. The topological polar surface area (TPSA) is 110 Å². The van der Waals surface area contributed by atoms with Crippen LogP contribution in [0.4, 0.5) is 4.79 Å². The normalized spacial score (nSPS) is 28.9. The van der Waals surface area contributed by atoms with Gasteiger partial charge in [-0.3, -0.25) is 4.79 Å². The van der Waals surface area contributed by atoms with Gasteiger partial charge < -0.3 is 22.1 Å². The first-order valence-electron chi connectivity index (χ1n) is 8.71. The van der Waals surface area contributed by atoms with Gasteiger partial charge in [-0.05, 0) is 55.2 Å². The number of urea groups is 1. The van der Waals surface area contributed by atoms with Crippen molar-refractivity contribution in [3.05, 3.63) is 35.4 Å². The number of primary amides is 1. The van der Waals surface area contributed by atoms with Crippen LogP contribution in [0.3, 0.4) is 0 Å². The van der Waals surface area contributed by atoms with E-state index in [1.807, 2.05) is 12.1 Å². The molecule has 6 N–H and O–H groups in total. The molecule has 3 rings (SSSR count). The Morgan fingerprint density at radius 1 is 1.08 bits per heavy atom. The van der Waals surface area contributed by atoms with Crippen molar-refractivity contribution in [2.75, 3.05) is 0 Å². The fourth-order valence-corrected chi connectivity index (χ4v) is 4.22. The van der Waals surface area contributed by atoms with E-state index in [0.29, 0.717) is 23.9 Å². The van der Waals surface area contributed by atoms with E-state index in [0.717, 1.165) is 31.2 Å². The van der Waals surface area contributed by atoms with Crippen LogP contribution in [-0.4, -0.2) is 24.0 Å². The number of hydrogen-bond donors (Lipinski definition) is 4. The molecule has 2 bridgehead atoms. The Morgan fingerprint density at radius 3 is 2.29 bits per heavy atom. The molecule has 0 aromatic heterocycles. The average molecular weight is 330 g/mol. The molecule has 0 saturated heterocycles. The zero-order valence-electron chi connectivity index (χ0n) is 13.8. The molecule has 2 unspecified atom stereocenters. The van der Waals surface area contributed by atoms with Crippen LogP contribution in [0.25, 0.3) is 0 Å². The van der Waals surface area contributed by atoms with Crippen LogP contribution >= 0.6 is 0 Å². The van der Waals surface area contributed by atoms with Gasteiger partial charge in [-0.25, -0.2) is 4.79 Å². The molecule has 24 heavy (non-hydrogen) atoms. The van der Waals surface area contributed by atoms with E-state index in [9.17, 15) is 9.59 Å². The van der Waals surface area contributed by atoms with E-state index in [1.54, 1.807) is 12.1 Å². The lowest BCUT2D eigenvalue weighted by Gasteiger charge is -2.45. The van der Waals surface area contributed by atoms with E-state index in [-0.39, 0.29) is 18.0 Å². The van der Waals surface area contributed by atoms with Gasteiger partial charge in [0.25, 0.3) is 5.91 Å². The molecule has 0 radical (unpaired) electrons. The smallest absolute Gasteiger partial charge is 0.312 e. The predicted octanol–water partition coefficient (Wildman–Crippen LogP) is 1.49. The minimum atomic E-state index is -0.557. The van der Waals surface area contributed by atoms with Crippen molar-refractivity contribution < 1.29 is 9.59 Å². The van der Waals surface area contributed by atoms with E-state index < -0.39 is 6.03 Å². The molecule has 3 amide bonds. The second-order valence-corrected chi connectivity index (χ2v) is 7.10. The highest BCUT2D eigenvalue weighted by Crippen LogP contribution is 2.39. The Bertz CT molecular complexity index is 588. The van der Waals surface area contributed by atoms with Gasteiger partial charge in [-0.1, -0.05) is 18.6 Å². The van der Waals surface area contributed by atoms with Crippen molar-refractivity contribution in [3.63, 3.8) is 0 Å². The Balaban J connectivity index is 1.61. The summed E-state index contributed by atoms with van der Waals surface area (Å²) in [5.74, 6) is 0.993. The lowest BCUT2D eigenvalue weighted by atomic mass is 9.67. The maximum atomic E-state index is 12.6. The highest BCUT2D eigenvalue weighted by atomic mass is 16.2. The summed E-state index contributed by atoms with van der Waals surface area (Å²) in [7, 11) is 0. The number of fused-ring (bicyclic) bond motifs is 2. The van der Waals surface area contributed by atoms with Crippen molar-refractivity contribution in [2.24, 2.45) is 23.3 Å². The van der Waals surface area contributed by atoms with Gasteiger partial charge in [0.2, 0.25) is 0 Å². The molecular weight excluding hydrogens is 304 g/mol. The molecule has 6 heteroatoms. The number of benzene rings is 1. The molecule has 6 nitrogen and oxygen atoms in total. The molecule has 0 heterocycles. The minimum absolute atomic E-state index is 0.0261. The zero-order chi connectivity index (χ0) is 17.1. The third kappa shape index (κ3) is 3.87. The molecule has 2 aliphatic rings. The van der Waals surface area contributed by atoms with Gasteiger partial charge in [0.1, 0.15) is 0 Å². The number of carbonyl (C=O) groups excluding carboxylic acids is 2. The van der Waals surface area contributed by atoms with Gasteiger partial charge in [-0.2, -0.15) is 0 Å². The monoisotopic (exact) mass is 330 g/mol. The number of nitrogens with two attached hydrogens (primary N) is 2. The molecule has 2 atom stereocenters. The van der Waals surface area contributed by atoms with Gasteiger partial charge in [0.05, 0.1) is 0 Å². The summed E-state index contributed by atoms with van der Waals surface area (Å²) in [5, 5.41) is 5.78. The fraction of sp³-hybridized carbons (Fsp3) is 0.556. The maximum absolute atomic E-state index is 12.6. The minimum Gasteiger partial charge on any atom is -0.352 e. The van der Waals surface area contributed by atoms with E-state index in [1.165, 1.54) is 6.42 Å². The van der Waals surface area contributed by atoms with Gasteiger partial charge in [0, 0.05) is 24.2 Å². The molecule has 1 aromatic rings. The molecule has 0 spiro atoms. The Labute approximate surface area is 142 Å². The summed E-state index contributed by atoms with van der Waals surface area (Å²) < 4.78 is 0. The van der Waals surface area contributed by atoms with E-state index in [4.69, 9.17) is 11.5 Å². The van der Waals surface area contributed by atoms with Crippen molar-refractivity contribution in [1.82, 2.24) is 10.6 Å². The van der Waals surface area contributed by atoms with Crippen LogP contribution in [0.1, 0.15) is 48.0 Å². The third-order valence-corrected chi connectivity index (χ3v) is 5.36. The largest absolute Gasteiger partial charge is 0.352 e. The van der Waals surface area contributed by atoms with Crippen molar-refractivity contribution >= 4 is 11.9 Å². The quantitative estimate of drug-likeness (QED) is 0.671. The fourth-order valence-electron chi connectivity index (χ4n) is 4.22. The van der Waals surface area contributed by atoms with Crippen molar-refractivity contribution in [2.45, 2.75) is 50.7 Å². The van der Waals surface area contributed by atoms with Gasteiger partial charge in [-0.15, -0.1) is 0 Å². The maximum Gasteiger partial charge on any atom is 0.312 e. The Kier molecular flexibility index (Phi) is 5.04. The highest BCUT2D eigenvalue weighted by Gasteiger charge is 2.39. The SMILES string of the molecule is NC(=O)NCc1ccc(C(=O)NC2C3CCCC2CC(N)C3)cc1. The van der Waals surface area contributed by atoms with Gasteiger partial charge in [0.15, 0.2) is 0 Å². The zero-order valence-corrected chi connectivity index (χ0v) is 13.8. The molecular formula is C18H26N4O2. The van der Waals surface area contributed by atoms with Crippen LogP contribution in [0.2, 0.25) is 0 Å². The van der Waals surface area contributed by atoms with Crippen molar-refractivity contribution in [3.8, 4) is 0 Å². The third-order valence-electron chi connectivity index (χ3n) is 5.36. The number of hydrogen-bond acceptors (Lipinski definition) is 3. The summed E-state index contributed by atoms with van der Waals surface area (Å²) in [6.45, 7) is 0.363. The number of rotatable bonds is 4. The molecule has 0 aliphatic heterocycles. The standard InChI is InChI=1S/C18H26N4O2/c19-15-8-13-2-1-3-14(9-15)16(13)22-17(23)12-6-4-11(5-7-12)10-21-18(20)24/h4-7,13-16H,1-3,8-10,19H2,(H,22,23)(H3,20,21,24). The van der Waals surface area contributed by atoms with Crippen LogP contribution in [-0.2, 0) is 6.54 Å². The molecule has 2 aliphatic carbocycles. The summed E-state index contributed by atoms with van der Waals surface area (Å²) in [6.07, 6.45) is 5.59. The molecule has 1 aromatic carbocycles. The first kappa shape index (κ1) is 16.8.